The van der Waals surface area contributed by atoms with Crippen LogP contribution < -0.4 is 21.3 Å². The van der Waals surface area contributed by atoms with Crippen LogP contribution in [-0.2, 0) is 20.0 Å². The van der Waals surface area contributed by atoms with E-state index in [2.05, 4.69) is 22.2 Å². The van der Waals surface area contributed by atoms with Crippen molar-refractivity contribution in [1.29, 1.82) is 0 Å². The lowest BCUT2D eigenvalue weighted by Gasteiger charge is -2.24. The van der Waals surface area contributed by atoms with Crippen LogP contribution in [0.4, 0.5) is 5.95 Å². The van der Waals surface area contributed by atoms with Gasteiger partial charge in [-0.25, -0.2) is 4.79 Å². The van der Waals surface area contributed by atoms with Crippen LogP contribution in [0, 0.1) is 0 Å². The highest BCUT2D eigenvalue weighted by molar-refractivity contribution is 5.74. The topological polar surface area (TPSA) is 114 Å². The van der Waals surface area contributed by atoms with Gasteiger partial charge in [0.25, 0.3) is 5.56 Å². The minimum absolute atomic E-state index is 0.0671. The van der Waals surface area contributed by atoms with Gasteiger partial charge in [-0.15, -0.1) is 0 Å². The molecule has 3 N–H and O–H groups in total. The lowest BCUT2D eigenvalue weighted by Crippen LogP contribution is -2.31. The molecular formula is C23H31N5O4. The lowest BCUT2D eigenvalue weighted by molar-refractivity contribution is 0.0938. The van der Waals surface area contributed by atoms with Gasteiger partial charge < -0.3 is 19.7 Å². The Morgan fingerprint density at radius 2 is 1.94 bits per heavy atom. The molecule has 0 spiro atoms. The second-order valence-electron chi connectivity index (χ2n) is 8.48. The minimum atomic E-state index is -0.873. The zero-order chi connectivity index (χ0) is 22.7. The highest BCUT2D eigenvalue weighted by Gasteiger charge is 2.22. The third-order valence-corrected chi connectivity index (χ3v) is 6.11. The van der Waals surface area contributed by atoms with E-state index >= 15 is 0 Å². The van der Waals surface area contributed by atoms with Crippen LogP contribution in [0.25, 0.3) is 11.2 Å². The predicted octanol–water partition coefficient (Wildman–Crippen LogP) is 2.17. The van der Waals surface area contributed by atoms with Gasteiger partial charge in [-0.05, 0) is 37.0 Å². The van der Waals surface area contributed by atoms with Crippen LogP contribution in [0.3, 0.4) is 0 Å². The molecule has 0 amide bonds. The van der Waals surface area contributed by atoms with Gasteiger partial charge in [0, 0.05) is 13.1 Å². The molecule has 1 atom stereocenters. The third kappa shape index (κ3) is 4.72. The first-order chi connectivity index (χ1) is 15.5. The Bertz CT molecular complexity index is 1170. The summed E-state index contributed by atoms with van der Waals surface area (Å²) in [7, 11) is 1.57. The molecule has 1 aliphatic carbocycles. The molecule has 1 aliphatic rings. The summed E-state index contributed by atoms with van der Waals surface area (Å²) in [6, 6.07) is 8.01. The van der Waals surface area contributed by atoms with Gasteiger partial charge in [0.15, 0.2) is 11.2 Å². The number of aryl methyl sites for hydroxylation is 2. The van der Waals surface area contributed by atoms with Gasteiger partial charge in [0.05, 0.1) is 6.54 Å². The number of aromatic nitrogens is 4. The summed E-state index contributed by atoms with van der Waals surface area (Å²) in [6.45, 7) is 2.27. The molecule has 0 bridgehead atoms. The molecule has 0 unspecified atom stereocenters. The van der Waals surface area contributed by atoms with Crippen LogP contribution in [0.5, 0.6) is 5.75 Å². The Labute approximate surface area is 186 Å². The molecule has 4 rings (SSSR count). The molecule has 9 heteroatoms. The number of hydrogen-bond acceptors (Lipinski definition) is 6. The summed E-state index contributed by atoms with van der Waals surface area (Å²) in [4.78, 5) is 31.6. The summed E-state index contributed by atoms with van der Waals surface area (Å²) in [5, 5.41) is 14.1. The number of fused-ring (bicyclic) bond motifs is 1. The first-order valence-corrected chi connectivity index (χ1v) is 11.3. The summed E-state index contributed by atoms with van der Waals surface area (Å²) < 4.78 is 8.73. The number of benzene rings is 1. The molecule has 0 radical (unpaired) electrons. The number of H-pyrrole nitrogens is 1. The largest absolute Gasteiger partial charge is 0.491 e. The number of aromatic amines is 1. The van der Waals surface area contributed by atoms with Crippen molar-refractivity contribution in [2.24, 2.45) is 7.05 Å². The van der Waals surface area contributed by atoms with Crippen molar-refractivity contribution in [1.82, 2.24) is 19.1 Å². The van der Waals surface area contributed by atoms with E-state index in [0.29, 0.717) is 17.3 Å². The fourth-order valence-electron chi connectivity index (χ4n) is 4.23. The van der Waals surface area contributed by atoms with Gasteiger partial charge in [0.1, 0.15) is 18.5 Å². The molecule has 172 valence electrons. The maximum absolute atomic E-state index is 12.6. The van der Waals surface area contributed by atoms with Crippen molar-refractivity contribution >= 4 is 17.1 Å². The van der Waals surface area contributed by atoms with Gasteiger partial charge in [-0.1, -0.05) is 38.3 Å². The van der Waals surface area contributed by atoms with Crippen LogP contribution in [-0.4, -0.2) is 43.0 Å². The molecule has 1 aromatic carbocycles. The van der Waals surface area contributed by atoms with Gasteiger partial charge >= 0.3 is 5.69 Å². The minimum Gasteiger partial charge on any atom is -0.491 e. The second-order valence-corrected chi connectivity index (χ2v) is 8.48. The number of aliphatic hydroxyl groups is 1. The number of imidazole rings is 1. The van der Waals surface area contributed by atoms with E-state index in [1.807, 2.05) is 24.3 Å². The Kier molecular flexibility index (Phi) is 6.64. The highest BCUT2D eigenvalue weighted by atomic mass is 16.5. The number of nitrogens with one attached hydrogen (secondary N) is 2. The zero-order valence-electron chi connectivity index (χ0n) is 18.6. The Hall–Kier alpha value is -3.07. The summed E-state index contributed by atoms with van der Waals surface area (Å²) in [5.74, 6) is 1.17. The zero-order valence-corrected chi connectivity index (χ0v) is 18.6. The normalized spacial score (nSPS) is 15.7. The molecule has 9 nitrogen and oxygen atoms in total. The molecule has 3 aromatic rings. The first kappa shape index (κ1) is 22.1. The average Bonchev–Trinajstić information content (AvgIpc) is 3.15. The molecule has 32 heavy (non-hydrogen) atoms. The number of nitrogens with zero attached hydrogens (tertiary/aromatic N) is 3. The molecule has 0 aliphatic heterocycles. The average molecular weight is 442 g/mol. The molecule has 0 saturated heterocycles. The number of anilines is 1. The Morgan fingerprint density at radius 3 is 2.62 bits per heavy atom. The van der Waals surface area contributed by atoms with E-state index in [4.69, 9.17) is 4.74 Å². The van der Waals surface area contributed by atoms with Crippen LogP contribution in [0.1, 0.15) is 44.6 Å². The van der Waals surface area contributed by atoms with Crippen molar-refractivity contribution < 1.29 is 9.84 Å². The van der Waals surface area contributed by atoms with E-state index in [9.17, 15) is 14.7 Å². The van der Waals surface area contributed by atoms with Gasteiger partial charge in [-0.2, -0.15) is 4.98 Å². The molecular weight excluding hydrogens is 410 g/mol. The predicted molar refractivity (Wildman–Crippen MR) is 123 cm³/mol. The number of hydrogen-bond donors (Lipinski definition) is 3. The third-order valence-electron chi connectivity index (χ3n) is 6.11. The van der Waals surface area contributed by atoms with Crippen molar-refractivity contribution in [3.05, 3.63) is 50.7 Å². The van der Waals surface area contributed by atoms with Crippen molar-refractivity contribution in [2.45, 2.75) is 64.1 Å². The lowest BCUT2D eigenvalue weighted by atomic mass is 9.96. The highest BCUT2D eigenvalue weighted by Crippen LogP contribution is 2.23. The standard InChI is InChI=1S/C23H31N5O4/c1-3-15-9-11-18(12-10-15)32-14-17(29)13-28-19-20(27(2)23(31)26-21(19)30)25-22(28)24-16-7-5-4-6-8-16/h9-12,16-17,29H,3-8,13-14H2,1-2H3,(H,24,25)(H,26,30,31)/t17-/m1/s1. The number of aliphatic hydroxyl groups excluding tert-OH is 1. The van der Waals surface area contributed by atoms with E-state index in [1.165, 1.54) is 16.6 Å². The molecule has 1 fully saturated rings. The molecule has 2 aromatic heterocycles. The summed E-state index contributed by atoms with van der Waals surface area (Å²) in [5.41, 5.74) is 0.731. The van der Waals surface area contributed by atoms with E-state index in [0.717, 1.165) is 32.1 Å². The fourth-order valence-corrected chi connectivity index (χ4v) is 4.23. The van der Waals surface area contributed by atoms with Gasteiger partial charge in [0.2, 0.25) is 5.95 Å². The Morgan fingerprint density at radius 1 is 1.22 bits per heavy atom. The smallest absolute Gasteiger partial charge is 0.329 e. The van der Waals surface area contributed by atoms with Crippen LogP contribution >= 0.6 is 0 Å². The van der Waals surface area contributed by atoms with E-state index < -0.39 is 17.4 Å². The molecule has 2 heterocycles. The van der Waals surface area contributed by atoms with Crippen molar-refractivity contribution in [2.75, 3.05) is 11.9 Å². The number of rotatable bonds is 8. The second kappa shape index (κ2) is 9.60. The maximum Gasteiger partial charge on any atom is 0.329 e. The fraction of sp³-hybridized carbons (Fsp3) is 0.522. The van der Waals surface area contributed by atoms with E-state index in [-0.39, 0.29) is 24.7 Å². The van der Waals surface area contributed by atoms with Crippen LogP contribution in [0.15, 0.2) is 33.9 Å². The summed E-state index contributed by atoms with van der Waals surface area (Å²) in [6.07, 6.45) is 5.63. The van der Waals surface area contributed by atoms with Crippen molar-refractivity contribution in [3.63, 3.8) is 0 Å². The Balaban J connectivity index is 1.58. The first-order valence-electron chi connectivity index (χ1n) is 11.3. The monoisotopic (exact) mass is 441 g/mol. The van der Waals surface area contributed by atoms with Gasteiger partial charge in [-0.3, -0.25) is 14.3 Å². The van der Waals surface area contributed by atoms with Crippen LogP contribution in [0.2, 0.25) is 0 Å². The quantitative estimate of drug-likeness (QED) is 0.494. The number of ether oxygens (including phenoxy) is 1. The molecule has 1 saturated carbocycles. The SMILES string of the molecule is CCc1ccc(OC[C@H](O)Cn2c(NC3CCCCC3)nc3c2c(=O)[nH]c(=O)n3C)cc1. The van der Waals surface area contributed by atoms with E-state index in [1.54, 1.807) is 11.6 Å². The summed E-state index contributed by atoms with van der Waals surface area (Å²) >= 11 is 0. The maximum atomic E-state index is 12.6. The van der Waals surface area contributed by atoms with Crippen molar-refractivity contribution in [3.8, 4) is 5.75 Å².